The van der Waals surface area contributed by atoms with Crippen molar-refractivity contribution in [1.29, 1.82) is 0 Å². The molecule has 4 rings (SSSR count). The van der Waals surface area contributed by atoms with Gasteiger partial charge in [0.15, 0.2) is 0 Å². The van der Waals surface area contributed by atoms with E-state index >= 15 is 0 Å². The summed E-state index contributed by atoms with van der Waals surface area (Å²) >= 11 is 0. The molecule has 0 aromatic carbocycles. The van der Waals surface area contributed by atoms with E-state index in [2.05, 4.69) is 10.3 Å². The first kappa shape index (κ1) is 15.7. The minimum Gasteiger partial charge on any atom is -0.474 e. The van der Waals surface area contributed by atoms with Gasteiger partial charge >= 0.3 is 0 Å². The lowest BCUT2D eigenvalue weighted by atomic mass is 9.93. The summed E-state index contributed by atoms with van der Waals surface area (Å²) in [7, 11) is 0. The van der Waals surface area contributed by atoms with Gasteiger partial charge in [0.2, 0.25) is 5.88 Å². The Morgan fingerprint density at radius 1 is 1.12 bits per heavy atom. The topological polar surface area (TPSA) is 55.6 Å². The molecule has 1 amide bonds. The first-order valence-electron chi connectivity index (χ1n) is 8.73. The van der Waals surface area contributed by atoms with E-state index in [1.165, 1.54) is 0 Å². The van der Waals surface area contributed by atoms with Crippen LogP contribution in [0.2, 0.25) is 0 Å². The number of carbonyl (C=O) groups is 1. The Labute approximate surface area is 146 Å². The fourth-order valence-corrected chi connectivity index (χ4v) is 3.36. The van der Waals surface area contributed by atoms with Gasteiger partial charge in [0.25, 0.3) is 5.91 Å². The third kappa shape index (κ3) is 3.65. The van der Waals surface area contributed by atoms with E-state index in [4.69, 9.17) is 4.74 Å². The van der Waals surface area contributed by atoms with Gasteiger partial charge in [-0.25, -0.2) is 4.98 Å². The van der Waals surface area contributed by atoms with Crippen molar-refractivity contribution >= 4 is 11.4 Å². The molecule has 1 aliphatic carbocycles. The van der Waals surface area contributed by atoms with E-state index in [0.717, 1.165) is 31.2 Å². The molecular weight excluding hydrogens is 314 g/mol. The largest absolute Gasteiger partial charge is 0.474 e. The van der Waals surface area contributed by atoms with E-state index in [0.29, 0.717) is 11.4 Å². The molecule has 0 spiro atoms. The summed E-state index contributed by atoms with van der Waals surface area (Å²) in [5.74, 6) is 0.674. The lowest BCUT2D eigenvalue weighted by Crippen LogP contribution is -2.39. The average molecular weight is 335 g/mol. The molecule has 0 aliphatic heterocycles. The standard InChI is InChI=1S/C20H21N3O2/c24-20(15-13-17-5-2-4-12-23(17)14-15)22-16-7-9-18(10-8-16)25-19-6-1-3-11-21-19/h1-6,11-14,16,18H,7-10H2,(H,22,24). The summed E-state index contributed by atoms with van der Waals surface area (Å²) in [4.78, 5) is 16.7. The highest BCUT2D eigenvalue weighted by Crippen LogP contribution is 2.23. The molecule has 1 aliphatic rings. The second-order valence-electron chi connectivity index (χ2n) is 6.49. The molecule has 0 unspecified atom stereocenters. The van der Waals surface area contributed by atoms with Crippen LogP contribution in [0.5, 0.6) is 5.88 Å². The minimum absolute atomic E-state index is 0.00204. The zero-order valence-corrected chi connectivity index (χ0v) is 14.0. The van der Waals surface area contributed by atoms with Crippen molar-refractivity contribution in [2.24, 2.45) is 0 Å². The summed E-state index contributed by atoms with van der Waals surface area (Å²) in [5, 5.41) is 3.16. The number of carbonyl (C=O) groups excluding carboxylic acids is 1. The van der Waals surface area contributed by atoms with Crippen LogP contribution in [-0.2, 0) is 0 Å². The molecule has 0 atom stereocenters. The van der Waals surface area contributed by atoms with E-state index in [-0.39, 0.29) is 18.1 Å². The molecule has 1 saturated carbocycles. The molecule has 3 heterocycles. The Morgan fingerprint density at radius 3 is 2.72 bits per heavy atom. The van der Waals surface area contributed by atoms with Crippen LogP contribution in [0, 0.1) is 0 Å². The van der Waals surface area contributed by atoms with Gasteiger partial charge in [-0.05, 0) is 49.9 Å². The third-order valence-electron chi connectivity index (χ3n) is 4.70. The van der Waals surface area contributed by atoms with Gasteiger partial charge in [-0.15, -0.1) is 0 Å². The first-order valence-corrected chi connectivity index (χ1v) is 8.73. The molecule has 128 valence electrons. The van der Waals surface area contributed by atoms with Gasteiger partial charge in [-0.1, -0.05) is 12.1 Å². The number of nitrogens with zero attached hydrogens (tertiary/aromatic N) is 2. The van der Waals surface area contributed by atoms with Crippen molar-refractivity contribution in [3.63, 3.8) is 0 Å². The molecule has 1 fully saturated rings. The third-order valence-corrected chi connectivity index (χ3v) is 4.70. The maximum absolute atomic E-state index is 12.5. The monoisotopic (exact) mass is 335 g/mol. The molecular formula is C20H21N3O2. The van der Waals surface area contributed by atoms with Gasteiger partial charge in [0.1, 0.15) is 6.10 Å². The normalized spacial score (nSPS) is 20.3. The van der Waals surface area contributed by atoms with Crippen LogP contribution < -0.4 is 10.1 Å². The highest BCUT2D eigenvalue weighted by atomic mass is 16.5. The van der Waals surface area contributed by atoms with Crippen LogP contribution in [0.4, 0.5) is 0 Å². The summed E-state index contributed by atoms with van der Waals surface area (Å²) in [6.07, 6.45) is 9.46. The second-order valence-corrected chi connectivity index (χ2v) is 6.49. The van der Waals surface area contributed by atoms with Crippen LogP contribution in [0.1, 0.15) is 36.0 Å². The highest BCUT2D eigenvalue weighted by Gasteiger charge is 2.24. The quantitative estimate of drug-likeness (QED) is 0.794. The Hall–Kier alpha value is -2.82. The van der Waals surface area contributed by atoms with E-state index in [1.54, 1.807) is 6.20 Å². The molecule has 5 nitrogen and oxygen atoms in total. The Balaban J connectivity index is 1.31. The van der Waals surface area contributed by atoms with E-state index in [1.807, 2.05) is 59.3 Å². The number of rotatable bonds is 4. The number of nitrogens with one attached hydrogen (secondary N) is 1. The van der Waals surface area contributed by atoms with Crippen LogP contribution >= 0.6 is 0 Å². The molecule has 0 bridgehead atoms. The fourth-order valence-electron chi connectivity index (χ4n) is 3.36. The number of fused-ring (bicyclic) bond motifs is 1. The lowest BCUT2D eigenvalue weighted by Gasteiger charge is -2.29. The predicted octanol–water partition coefficient (Wildman–Crippen LogP) is 3.45. The highest BCUT2D eigenvalue weighted by molar-refractivity contribution is 5.95. The Morgan fingerprint density at radius 2 is 1.96 bits per heavy atom. The van der Waals surface area contributed by atoms with Gasteiger partial charge in [0, 0.05) is 36.2 Å². The molecule has 1 N–H and O–H groups in total. The zero-order valence-electron chi connectivity index (χ0n) is 14.0. The number of amides is 1. The lowest BCUT2D eigenvalue weighted by molar-refractivity contribution is 0.0890. The average Bonchev–Trinajstić information content (AvgIpc) is 3.09. The van der Waals surface area contributed by atoms with Crippen molar-refractivity contribution < 1.29 is 9.53 Å². The van der Waals surface area contributed by atoms with Crippen molar-refractivity contribution in [2.45, 2.75) is 37.8 Å². The van der Waals surface area contributed by atoms with Gasteiger partial charge in [0.05, 0.1) is 5.56 Å². The smallest absolute Gasteiger partial charge is 0.253 e. The molecule has 3 aromatic heterocycles. The van der Waals surface area contributed by atoms with Crippen LogP contribution in [-0.4, -0.2) is 27.4 Å². The number of pyridine rings is 2. The van der Waals surface area contributed by atoms with Crippen molar-refractivity contribution in [1.82, 2.24) is 14.7 Å². The molecule has 5 heteroatoms. The zero-order chi connectivity index (χ0) is 17.1. The van der Waals surface area contributed by atoms with Crippen LogP contribution in [0.15, 0.2) is 61.1 Å². The van der Waals surface area contributed by atoms with Gasteiger partial charge < -0.3 is 14.5 Å². The number of hydrogen-bond acceptors (Lipinski definition) is 3. The van der Waals surface area contributed by atoms with Crippen molar-refractivity contribution in [2.75, 3.05) is 0 Å². The maximum atomic E-state index is 12.5. The van der Waals surface area contributed by atoms with Crippen molar-refractivity contribution in [3.8, 4) is 5.88 Å². The second kappa shape index (κ2) is 6.97. The van der Waals surface area contributed by atoms with Crippen LogP contribution in [0.3, 0.4) is 0 Å². The number of hydrogen-bond donors (Lipinski definition) is 1. The molecule has 0 radical (unpaired) electrons. The summed E-state index contributed by atoms with van der Waals surface area (Å²) in [5.41, 5.74) is 1.73. The Bertz CT molecular complexity index is 819. The van der Waals surface area contributed by atoms with Gasteiger partial charge in [-0.3, -0.25) is 4.79 Å². The predicted molar refractivity (Wildman–Crippen MR) is 95.8 cm³/mol. The fraction of sp³-hybridized carbons (Fsp3) is 0.300. The minimum atomic E-state index is -0.00204. The van der Waals surface area contributed by atoms with Gasteiger partial charge in [-0.2, -0.15) is 0 Å². The number of ether oxygens (including phenoxy) is 1. The maximum Gasteiger partial charge on any atom is 0.253 e. The van der Waals surface area contributed by atoms with E-state index < -0.39 is 0 Å². The summed E-state index contributed by atoms with van der Waals surface area (Å²) in [6.45, 7) is 0. The summed E-state index contributed by atoms with van der Waals surface area (Å²) < 4.78 is 7.87. The molecule has 25 heavy (non-hydrogen) atoms. The SMILES string of the molecule is O=C(NC1CCC(Oc2ccccn2)CC1)c1cc2ccccn2c1. The molecule has 3 aromatic rings. The summed E-state index contributed by atoms with van der Waals surface area (Å²) in [6, 6.07) is 13.7. The number of aromatic nitrogens is 2. The van der Waals surface area contributed by atoms with E-state index in [9.17, 15) is 4.79 Å². The molecule has 0 saturated heterocycles. The first-order chi connectivity index (χ1) is 12.3. The Kier molecular flexibility index (Phi) is 4.37. The van der Waals surface area contributed by atoms with Crippen molar-refractivity contribution in [3.05, 3.63) is 66.6 Å². The van der Waals surface area contributed by atoms with Crippen LogP contribution in [0.25, 0.3) is 5.52 Å².